The molecule has 128 valence electrons. The van der Waals surface area contributed by atoms with Crippen molar-refractivity contribution in [1.29, 1.82) is 0 Å². The van der Waals surface area contributed by atoms with Gasteiger partial charge in [0.15, 0.2) is 11.5 Å². The fourth-order valence-electron chi connectivity index (χ4n) is 2.15. The monoisotopic (exact) mass is 393 g/mol. The van der Waals surface area contributed by atoms with E-state index in [-0.39, 0.29) is 12.0 Å². The zero-order valence-electron chi connectivity index (χ0n) is 14.1. The minimum absolute atomic E-state index is 0.0289. The van der Waals surface area contributed by atoms with Crippen LogP contribution in [-0.4, -0.2) is 26.2 Å². The van der Waals surface area contributed by atoms with Gasteiger partial charge in [0, 0.05) is 16.2 Å². The number of hydrogen-bond acceptors (Lipinski definition) is 4. The van der Waals surface area contributed by atoms with Gasteiger partial charge in [-0.05, 0) is 44.2 Å². The van der Waals surface area contributed by atoms with Crippen LogP contribution < -0.4 is 19.5 Å². The maximum atomic E-state index is 12.6. The lowest BCUT2D eigenvalue weighted by molar-refractivity contribution is 0.102. The first-order valence-electron chi connectivity index (χ1n) is 7.44. The van der Waals surface area contributed by atoms with Crippen LogP contribution in [0.2, 0.25) is 0 Å². The molecule has 2 aromatic carbocycles. The number of anilines is 1. The van der Waals surface area contributed by atoms with Crippen molar-refractivity contribution in [2.75, 3.05) is 19.5 Å². The summed E-state index contributed by atoms with van der Waals surface area (Å²) in [6, 6.07) is 10.5. The van der Waals surface area contributed by atoms with Crippen LogP contribution in [0, 0.1) is 0 Å². The molecule has 6 heteroatoms. The van der Waals surface area contributed by atoms with E-state index in [1.165, 1.54) is 0 Å². The van der Waals surface area contributed by atoms with Gasteiger partial charge in [-0.2, -0.15) is 0 Å². The molecule has 2 rings (SSSR count). The molecule has 0 fully saturated rings. The van der Waals surface area contributed by atoms with Gasteiger partial charge in [-0.25, -0.2) is 0 Å². The zero-order valence-corrected chi connectivity index (χ0v) is 15.6. The molecule has 1 amide bonds. The van der Waals surface area contributed by atoms with E-state index in [0.29, 0.717) is 28.5 Å². The molecule has 2 aromatic rings. The molecule has 5 nitrogen and oxygen atoms in total. The first kappa shape index (κ1) is 18.1. The highest BCUT2D eigenvalue weighted by Crippen LogP contribution is 2.31. The van der Waals surface area contributed by atoms with Gasteiger partial charge < -0.3 is 19.5 Å². The summed E-state index contributed by atoms with van der Waals surface area (Å²) in [5.74, 6) is 1.41. The van der Waals surface area contributed by atoms with Crippen molar-refractivity contribution in [3.8, 4) is 17.2 Å². The highest BCUT2D eigenvalue weighted by molar-refractivity contribution is 9.10. The normalized spacial score (nSPS) is 10.4. The van der Waals surface area contributed by atoms with Gasteiger partial charge >= 0.3 is 0 Å². The minimum Gasteiger partial charge on any atom is -0.493 e. The van der Waals surface area contributed by atoms with Gasteiger partial charge in [-0.15, -0.1) is 0 Å². The maximum Gasteiger partial charge on any atom is 0.259 e. The number of carbonyl (C=O) groups is 1. The van der Waals surface area contributed by atoms with Crippen LogP contribution in [0.5, 0.6) is 17.2 Å². The highest BCUT2D eigenvalue weighted by atomic mass is 79.9. The van der Waals surface area contributed by atoms with Crippen LogP contribution in [0.3, 0.4) is 0 Å². The van der Waals surface area contributed by atoms with Gasteiger partial charge in [0.25, 0.3) is 5.91 Å². The average Bonchev–Trinajstić information content (AvgIpc) is 2.55. The Morgan fingerprint density at radius 1 is 1.00 bits per heavy atom. The number of rotatable bonds is 6. The molecule has 0 aromatic heterocycles. The molecule has 0 aliphatic carbocycles. The molecule has 0 atom stereocenters. The number of hydrogen-bond donors (Lipinski definition) is 1. The standard InChI is InChI=1S/C18H20BrNO4/c1-11(2)24-15-7-5-12(19)9-14(15)18(21)20-13-6-8-16(22-3)17(10-13)23-4/h5-11H,1-4H3,(H,20,21). The second-order valence-electron chi connectivity index (χ2n) is 5.33. The maximum absolute atomic E-state index is 12.6. The third-order valence-corrected chi connectivity index (χ3v) is 3.68. The Bertz CT molecular complexity index is 731. The number of methoxy groups -OCH3 is 2. The fraction of sp³-hybridized carbons (Fsp3) is 0.278. The summed E-state index contributed by atoms with van der Waals surface area (Å²) in [6.45, 7) is 3.83. The number of benzene rings is 2. The minimum atomic E-state index is -0.265. The predicted octanol–water partition coefficient (Wildman–Crippen LogP) is 4.51. The van der Waals surface area contributed by atoms with Crippen LogP contribution in [-0.2, 0) is 0 Å². The summed E-state index contributed by atoms with van der Waals surface area (Å²) in [4.78, 5) is 12.6. The lowest BCUT2D eigenvalue weighted by Crippen LogP contribution is -2.16. The first-order chi connectivity index (χ1) is 11.4. The molecule has 0 heterocycles. The number of carbonyl (C=O) groups excluding carboxylic acids is 1. The molecule has 1 N–H and O–H groups in total. The van der Waals surface area contributed by atoms with Gasteiger partial charge in [0.05, 0.1) is 25.9 Å². The third-order valence-electron chi connectivity index (χ3n) is 3.19. The van der Waals surface area contributed by atoms with Gasteiger partial charge in [0.1, 0.15) is 5.75 Å². The Morgan fingerprint density at radius 3 is 2.29 bits per heavy atom. The third kappa shape index (κ3) is 4.41. The van der Waals surface area contributed by atoms with Crippen LogP contribution in [0.15, 0.2) is 40.9 Å². The Balaban J connectivity index is 2.28. The topological polar surface area (TPSA) is 56.8 Å². The number of amides is 1. The van der Waals surface area contributed by atoms with Crippen molar-refractivity contribution in [2.24, 2.45) is 0 Å². The van der Waals surface area contributed by atoms with Crippen LogP contribution in [0.1, 0.15) is 24.2 Å². The van der Waals surface area contributed by atoms with Crippen LogP contribution in [0.4, 0.5) is 5.69 Å². The van der Waals surface area contributed by atoms with Crippen molar-refractivity contribution >= 4 is 27.5 Å². The molecule has 0 saturated heterocycles. The largest absolute Gasteiger partial charge is 0.493 e. The van der Waals surface area contributed by atoms with Crippen molar-refractivity contribution in [3.63, 3.8) is 0 Å². The smallest absolute Gasteiger partial charge is 0.259 e. The number of halogens is 1. The van der Waals surface area contributed by atoms with Crippen LogP contribution in [0.25, 0.3) is 0 Å². The molecular formula is C18H20BrNO4. The van der Waals surface area contributed by atoms with Gasteiger partial charge in [0.2, 0.25) is 0 Å². The molecular weight excluding hydrogens is 374 g/mol. The lowest BCUT2D eigenvalue weighted by atomic mass is 10.1. The SMILES string of the molecule is COc1ccc(NC(=O)c2cc(Br)ccc2OC(C)C)cc1OC. The van der Waals surface area contributed by atoms with Gasteiger partial charge in [-0.1, -0.05) is 15.9 Å². The van der Waals surface area contributed by atoms with E-state index in [1.807, 2.05) is 19.9 Å². The first-order valence-corrected chi connectivity index (χ1v) is 8.23. The van der Waals surface area contributed by atoms with E-state index in [1.54, 1.807) is 44.6 Å². The van der Waals surface area contributed by atoms with Gasteiger partial charge in [-0.3, -0.25) is 4.79 Å². The number of ether oxygens (including phenoxy) is 3. The molecule has 0 bridgehead atoms. The van der Waals surface area contributed by atoms with Crippen LogP contribution >= 0.6 is 15.9 Å². The lowest BCUT2D eigenvalue weighted by Gasteiger charge is -2.15. The molecule has 0 aliphatic rings. The van der Waals surface area contributed by atoms with E-state index in [0.717, 1.165) is 4.47 Å². The summed E-state index contributed by atoms with van der Waals surface area (Å²) in [6.07, 6.45) is -0.0289. The second kappa shape index (κ2) is 8.06. The van der Waals surface area contributed by atoms with E-state index in [4.69, 9.17) is 14.2 Å². The summed E-state index contributed by atoms with van der Waals surface area (Å²) >= 11 is 3.39. The Morgan fingerprint density at radius 2 is 1.67 bits per heavy atom. The Labute approximate surface area is 150 Å². The van der Waals surface area contributed by atoms with E-state index in [2.05, 4.69) is 21.2 Å². The van der Waals surface area contributed by atoms with Crippen molar-refractivity contribution in [3.05, 3.63) is 46.4 Å². The van der Waals surface area contributed by atoms with E-state index < -0.39 is 0 Å². The summed E-state index contributed by atoms with van der Waals surface area (Å²) in [5, 5.41) is 2.85. The second-order valence-corrected chi connectivity index (χ2v) is 6.25. The van der Waals surface area contributed by atoms with Crippen molar-refractivity contribution in [2.45, 2.75) is 20.0 Å². The van der Waals surface area contributed by atoms with E-state index >= 15 is 0 Å². The zero-order chi connectivity index (χ0) is 17.7. The Kier molecular flexibility index (Phi) is 6.09. The van der Waals surface area contributed by atoms with Crippen molar-refractivity contribution < 1.29 is 19.0 Å². The Hall–Kier alpha value is -2.21. The molecule has 0 spiro atoms. The number of nitrogens with one attached hydrogen (secondary N) is 1. The summed E-state index contributed by atoms with van der Waals surface area (Å²) in [5.41, 5.74) is 1.06. The fourth-order valence-corrected chi connectivity index (χ4v) is 2.51. The van der Waals surface area contributed by atoms with Crippen molar-refractivity contribution in [1.82, 2.24) is 0 Å². The summed E-state index contributed by atoms with van der Waals surface area (Å²) in [7, 11) is 3.11. The predicted molar refractivity (Wildman–Crippen MR) is 97.4 cm³/mol. The molecule has 0 unspecified atom stereocenters. The molecule has 0 radical (unpaired) electrons. The molecule has 24 heavy (non-hydrogen) atoms. The summed E-state index contributed by atoms with van der Waals surface area (Å²) < 4.78 is 17.0. The molecule has 0 saturated carbocycles. The quantitative estimate of drug-likeness (QED) is 0.784. The average molecular weight is 394 g/mol. The molecule has 0 aliphatic heterocycles. The highest BCUT2D eigenvalue weighted by Gasteiger charge is 2.15. The van der Waals surface area contributed by atoms with E-state index in [9.17, 15) is 4.79 Å².